The van der Waals surface area contributed by atoms with Crippen LogP contribution in [-0.4, -0.2) is 30.8 Å². The van der Waals surface area contributed by atoms with Crippen LogP contribution < -0.4 is 10.1 Å². The first-order chi connectivity index (χ1) is 12.7. The molecule has 0 saturated carbocycles. The van der Waals surface area contributed by atoms with Gasteiger partial charge in [0.1, 0.15) is 5.75 Å². The van der Waals surface area contributed by atoms with Gasteiger partial charge < -0.3 is 14.8 Å². The standard InChI is InChI=1S/C18H13ClF3NO4/c19-11-5-6-14(26-9-18(20,21)22)13(8-11)23-16(24)15-7-10-3-1-2-4-12(10)17(25)27-15/h1-6,8,15H,7,9H2,(H,23,24)/t15-/m0/s1. The number of benzene rings is 2. The molecule has 0 aromatic heterocycles. The summed E-state index contributed by atoms with van der Waals surface area (Å²) < 4.78 is 47.0. The van der Waals surface area contributed by atoms with Gasteiger partial charge in [-0.3, -0.25) is 4.79 Å². The monoisotopic (exact) mass is 399 g/mol. The van der Waals surface area contributed by atoms with Crippen molar-refractivity contribution in [2.24, 2.45) is 0 Å². The van der Waals surface area contributed by atoms with E-state index < -0.39 is 30.8 Å². The molecule has 5 nitrogen and oxygen atoms in total. The van der Waals surface area contributed by atoms with Crippen LogP contribution in [0.1, 0.15) is 15.9 Å². The number of cyclic esters (lactones) is 1. The topological polar surface area (TPSA) is 64.6 Å². The van der Waals surface area contributed by atoms with Crippen molar-refractivity contribution in [1.29, 1.82) is 0 Å². The van der Waals surface area contributed by atoms with Crippen LogP contribution >= 0.6 is 11.6 Å². The Morgan fingerprint density at radius 3 is 2.74 bits per heavy atom. The maximum absolute atomic E-state index is 12.5. The van der Waals surface area contributed by atoms with Crippen molar-refractivity contribution < 1.29 is 32.2 Å². The summed E-state index contributed by atoms with van der Waals surface area (Å²) in [6.07, 6.45) is -5.52. The summed E-state index contributed by atoms with van der Waals surface area (Å²) in [5.74, 6) is -1.54. The van der Waals surface area contributed by atoms with Crippen molar-refractivity contribution in [2.75, 3.05) is 11.9 Å². The van der Waals surface area contributed by atoms with Crippen molar-refractivity contribution in [3.63, 3.8) is 0 Å². The lowest BCUT2D eigenvalue weighted by atomic mass is 9.98. The predicted molar refractivity (Wildman–Crippen MR) is 91.0 cm³/mol. The second kappa shape index (κ2) is 7.48. The zero-order valence-electron chi connectivity index (χ0n) is 13.7. The number of nitrogens with one attached hydrogen (secondary N) is 1. The number of ether oxygens (including phenoxy) is 2. The predicted octanol–water partition coefficient (Wildman–Crippen LogP) is 4.00. The van der Waals surface area contributed by atoms with Crippen molar-refractivity contribution in [1.82, 2.24) is 0 Å². The maximum Gasteiger partial charge on any atom is 0.422 e. The molecule has 1 aliphatic rings. The van der Waals surface area contributed by atoms with Gasteiger partial charge in [0.2, 0.25) is 0 Å². The summed E-state index contributed by atoms with van der Waals surface area (Å²) in [4.78, 5) is 24.5. The highest BCUT2D eigenvalue weighted by Gasteiger charge is 2.32. The summed E-state index contributed by atoms with van der Waals surface area (Å²) in [5.41, 5.74) is 0.971. The molecule has 1 atom stereocenters. The number of hydrogen-bond donors (Lipinski definition) is 1. The number of esters is 1. The Morgan fingerprint density at radius 2 is 2.00 bits per heavy atom. The molecule has 0 spiro atoms. The van der Waals surface area contributed by atoms with Gasteiger partial charge in [0, 0.05) is 11.4 Å². The smallest absolute Gasteiger partial charge is 0.422 e. The minimum atomic E-state index is -4.54. The number of anilines is 1. The lowest BCUT2D eigenvalue weighted by Crippen LogP contribution is -2.38. The molecule has 0 fully saturated rings. The molecule has 1 N–H and O–H groups in total. The molecule has 0 aliphatic carbocycles. The number of amides is 1. The molecule has 2 aromatic rings. The van der Waals surface area contributed by atoms with Gasteiger partial charge in [-0.2, -0.15) is 13.2 Å². The fraction of sp³-hybridized carbons (Fsp3) is 0.222. The number of halogens is 4. The average molecular weight is 400 g/mol. The Bertz CT molecular complexity index is 885. The molecule has 0 radical (unpaired) electrons. The van der Waals surface area contributed by atoms with Crippen molar-refractivity contribution in [3.05, 3.63) is 58.6 Å². The Morgan fingerprint density at radius 1 is 1.26 bits per heavy atom. The third-order valence-electron chi connectivity index (χ3n) is 3.78. The molecule has 1 heterocycles. The van der Waals surface area contributed by atoms with E-state index in [1.165, 1.54) is 18.2 Å². The quantitative estimate of drug-likeness (QED) is 0.789. The molecule has 1 amide bonds. The number of rotatable bonds is 4. The third-order valence-corrected chi connectivity index (χ3v) is 4.01. The first-order valence-electron chi connectivity index (χ1n) is 7.82. The summed E-state index contributed by atoms with van der Waals surface area (Å²) in [6.45, 7) is -1.52. The first kappa shape index (κ1) is 19.0. The lowest BCUT2D eigenvalue weighted by Gasteiger charge is -2.24. The number of carbonyl (C=O) groups is 2. The summed E-state index contributed by atoms with van der Waals surface area (Å²) in [7, 11) is 0. The number of hydrogen-bond acceptors (Lipinski definition) is 4. The summed E-state index contributed by atoms with van der Waals surface area (Å²) in [6, 6.07) is 10.5. The Hall–Kier alpha value is -2.74. The van der Waals surface area contributed by atoms with Crippen LogP contribution in [0.15, 0.2) is 42.5 Å². The van der Waals surface area contributed by atoms with Gasteiger partial charge >= 0.3 is 12.1 Å². The summed E-state index contributed by atoms with van der Waals surface area (Å²) >= 11 is 5.85. The van der Waals surface area contributed by atoms with Gasteiger partial charge in [-0.15, -0.1) is 0 Å². The second-order valence-electron chi connectivity index (χ2n) is 5.79. The lowest BCUT2D eigenvalue weighted by molar-refractivity contribution is -0.153. The molecule has 2 aromatic carbocycles. The van der Waals surface area contributed by atoms with Crippen LogP contribution in [-0.2, 0) is 16.0 Å². The highest BCUT2D eigenvalue weighted by molar-refractivity contribution is 6.31. The van der Waals surface area contributed by atoms with Gasteiger partial charge in [-0.1, -0.05) is 29.8 Å². The normalized spacial score (nSPS) is 16.3. The molecule has 27 heavy (non-hydrogen) atoms. The van der Waals surface area contributed by atoms with E-state index in [1.807, 2.05) is 0 Å². The van der Waals surface area contributed by atoms with E-state index >= 15 is 0 Å². The highest BCUT2D eigenvalue weighted by Crippen LogP contribution is 2.30. The van der Waals surface area contributed by atoms with Crippen LogP contribution in [0, 0.1) is 0 Å². The van der Waals surface area contributed by atoms with E-state index in [0.717, 1.165) is 0 Å². The SMILES string of the molecule is O=C1O[C@H](C(=O)Nc2cc(Cl)ccc2OCC(F)(F)F)Cc2ccccc21. The summed E-state index contributed by atoms with van der Waals surface area (Å²) in [5, 5.41) is 2.61. The molecular weight excluding hydrogens is 387 g/mol. The Labute approximate surface area is 157 Å². The zero-order valence-corrected chi connectivity index (χ0v) is 14.4. The third kappa shape index (κ3) is 4.71. The number of fused-ring (bicyclic) bond motifs is 1. The minimum Gasteiger partial charge on any atom is -0.482 e. The maximum atomic E-state index is 12.5. The van der Waals surface area contributed by atoms with Gasteiger partial charge in [-0.25, -0.2) is 4.79 Å². The van der Waals surface area contributed by atoms with Crippen LogP contribution in [0.25, 0.3) is 0 Å². The number of carbonyl (C=O) groups excluding carboxylic acids is 2. The molecule has 1 aliphatic heterocycles. The zero-order chi connectivity index (χ0) is 19.6. The number of alkyl halides is 3. The van der Waals surface area contributed by atoms with E-state index in [1.54, 1.807) is 24.3 Å². The van der Waals surface area contributed by atoms with Crippen LogP contribution in [0.2, 0.25) is 5.02 Å². The fourth-order valence-corrected chi connectivity index (χ4v) is 2.75. The fourth-order valence-electron chi connectivity index (χ4n) is 2.58. The molecule has 0 unspecified atom stereocenters. The minimum absolute atomic E-state index is 0.0494. The van der Waals surface area contributed by atoms with Crippen molar-refractivity contribution in [2.45, 2.75) is 18.7 Å². The molecule has 0 saturated heterocycles. The molecule has 9 heteroatoms. The van der Waals surface area contributed by atoms with E-state index in [4.69, 9.17) is 21.1 Å². The van der Waals surface area contributed by atoms with Crippen LogP contribution in [0.4, 0.5) is 18.9 Å². The van der Waals surface area contributed by atoms with E-state index in [2.05, 4.69) is 5.32 Å². The molecule has 0 bridgehead atoms. The van der Waals surface area contributed by atoms with Crippen LogP contribution in [0.5, 0.6) is 5.75 Å². The van der Waals surface area contributed by atoms with Gasteiger partial charge in [-0.05, 0) is 29.8 Å². The Balaban J connectivity index is 1.76. The second-order valence-corrected chi connectivity index (χ2v) is 6.23. The van der Waals surface area contributed by atoms with Crippen molar-refractivity contribution in [3.8, 4) is 5.75 Å². The van der Waals surface area contributed by atoms with Crippen LogP contribution in [0.3, 0.4) is 0 Å². The van der Waals surface area contributed by atoms with Gasteiger partial charge in [0.15, 0.2) is 12.7 Å². The molecule has 142 valence electrons. The van der Waals surface area contributed by atoms with Gasteiger partial charge in [0.05, 0.1) is 11.3 Å². The molecular formula is C18H13ClF3NO4. The van der Waals surface area contributed by atoms with Crippen molar-refractivity contribution >= 4 is 29.2 Å². The van der Waals surface area contributed by atoms with E-state index in [-0.39, 0.29) is 22.9 Å². The Kier molecular flexibility index (Phi) is 5.27. The van der Waals surface area contributed by atoms with E-state index in [9.17, 15) is 22.8 Å². The van der Waals surface area contributed by atoms with Gasteiger partial charge in [0.25, 0.3) is 5.91 Å². The first-order valence-corrected chi connectivity index (χ1v) is 8.19. The largest absolute Gasteiger partial charge is 0.482 e. The average Bonchev–Trinajstić information content (AvgIpc) is 2.60. The molecule has 3 rings (SSSR count). The highest BCUT2D eigenvalue weighted by atomic mass is 35.5. The van der Waals surface area contributed by atoms with E-state index in [0.29, 0.717) is 11.1 Å².